The lowest BCUT2D eigenvalue weighted by Crippen LogP contribution is -2.23. The van der Waals surface area contributed by atoms with Gasteiger partial charge in [0.1, 0.15) is 0 Å². The Bertz CT molecular complexity index is 542. The van der Waals surface area contributed by atoms with Gasteiger partial charge in [-0.2, -0.15) is 0 Å². The highest BCUT2D eigenvalue weighted by molar-refractivity contribution is 7.11. The Kier molecular flexibility index (Phi) is 3.50. The van der Waals surface area contributed by atoms with Crippen LogP contribution in [0.25, 0.3) is 0 Å². The van der Waals surface area contributed by atoms with Crippen LogP contribution in [0.15, 0.2) is 11.4 Å². The van der Waals surface area contributed by atoms with E-state index in [1.54, 1.807) is 4.88 Å². The van der Waals surface area contributed by atoms with Gasteiger partial charge in [0, 0.05) is 22.3 Å². The van der Waals surface area contributed by atoms with Gasteiger partial charge in [0.2, 0.25) is 0 Å². The highest BCUT2D eigenvalue weighted by atomic mass is 32.1. The molecule has 3 rings (SSSR count). The van der Waals surface area contributed by atoms with Crippen LogP contribution in [0.5, 0.6) is 0 Å². The Morgan fingerprint density at radius 1 is 1.44 bits per heavy atom. The topological polar surface area (TPSA) is 24.9 Å². The van der Waals surface area contributed by atoms with Gasteiger partial charge >= 0.3 is 0 Å². The molecule has 0 aromatic carbocycles. The van der Waals surface area contributed by atoms with Crippen molar-refractivity contribution < 1.29 is 0 Å². The lowest BCUT2D eigenvalue weighted by molar-refractivity contribution is 0.464. The Morgan fingerprint density at radius 2 is 2.33 bits per heavy atom. The van der Waals surface area contributed by atoms with Gasteiger partial charge in [0.15, 0.2) is 0 Å². The maximum Gasteiger partial charge on any atom is 0.0900 e. The second-order valence-corrected chi connectivity index (χ2v) is 7.15. The molecular weight excluding hydrogens is 260 g/mol. The summed E-state index contributed by atoms with van der Waals surface area (Å²) in [5.41, 5.74) is 2.72. The van der Waals surface area contributed by atoms with Crippen molar-refractivity contribution in [2.45, 2.75) is 45.7 Å². The predicted octanol–water partition coefficient (Wildman–Crippen LogP) is 3.99. The van der Waals surface area contributed by atoms with Crippen LogP contribution in [0.3, 0.4) is 0 Å². The van der Waals surface area contributed by atoms with Gasteiger partial charge in [0.25, 0.3) is 0 Å². The molecule has 0 bridgehead atoms. The third kappa shape index (κ3) is 2.37. The average Bonchev–Trinajstić information content (AvgIpc) is 2.93. The van der Waals surface area contributed by atoms with E-state index in [9.17, 15) is 0 Å². The zero-order valence-corrected chi connectivity index (χ0v) is 12.5. The Morgan fingerprint density at radius 3 is 3.11 bits per heavy atom. The first kappa shape index (κ1) is 12.3. The van der Waals surface area contributed by atoms with Crippen molar-refractivity contribution in [3.8, 4) is 0 Å². The number of hydrogen-bond donors (Lipinski definition) is 1. The fourth-order valence-corrected chi connectivity index (χ4v) is 4.53. The summed E-state index contributed by atoms with van der Waals surface area (Å²) < 4.78 is 0. The maximum absolute atomic E-state index is 4.49. The molecule has 0 radical (unpaired) electrons. The summed E-state index contributed by atoms with van der Waals surface area (Å²) in [6, 6.07) is 2.84. The standard InChI is InChI=1S/C14H18N2S2/c1-9-14(18-10(2)16-9)8-15-12-4-3-5-13-11(12)6-7-17-13/h6-7,12,15H,3-5,8H2,1-2H3. The van der Waals surface area contributed by atoms with Crippen LogP contribution < -0.4 is 5.32 Å². The first-order valence-corrected chi connectivity index (χ1v) is 8.16. The minimum Gasteiger partial charge on any atom is -0.305 e. The molecule has 0 fully saturated rings. The fraction of sp³-hybridized carbons (Fsp3) is 0.500. The summed E-state index contributed by atoms with van der Waals surface area (Å²) >= 11 is 3.72. The molecule has 0 spiro atoms. The molecule has 2 nitrogen and oxygen atoms in total. The van der Waals surface area contributed by atoms with Crippen molar-refractivity contribution in [1.82, 2.24) is 10.3 Å². The highest BCUT2D eigenvalue weighted by Gasteiger charge is 2.20. The number of thiazole rings is 1. The van der Waals surface area contributed by atoms with Gasteiger partial charge in [-0.05, 0) is 50.1 Å². The van der Waals surface area contributed by atoms with E-state index in [4.69, 9.17) is 0 Å². The summed E-state index contributed by atoms with van der Waals surface area (Å²) in [6.45, 7) is 5.15. The minimum atomic E-state index is 0.543. The maximum atomic E-state index is 4.49. The second-order valence-electron chi connectivity index (χ2n) is 4.87. The molecule has 96 valence electrons. The van der Waals surface area contributed by atoms with Gasteiger partial charge in [-0.25, -0.2) is 4.98 Å². The number of aromatic nitrogens is 1. The monoisotopic (exact) mass is 278 g/mol. The van der Waals surface area contributed by atoms with E-state index in [1.807, 2.05) is 22.7 Å². The van der Waals surface area contributed by atoms with E-state index >= 15 is 0 Å². The first-order chi connectivity index (χ1) is 8.74. The third-order valence-corrected chi connectivity index (χ3v) is 5.63. The van der Waals surface area contributed by atoms with E-state index in [0.29, 0.717) is 6.04 Å². The minimum absolute atomic E-state index is 0.543. The molecular formula is C14H18N2S2. The molecule has 0 saturated heterocycles. The van der Waals surface area contributed by atoms with Gasteiger partial charge in [-0.3, -0.25) is 0 Å². The molecule has 0 amide bonds. The van der Waals surface area contributed by atoms with Gasteiger partial charge < -0.3 is 5.32 Å². The van der Waals surface area contributed by atoms with E-state index in [-0.39, 0.29) is 0 Å². The van der Waals surface area contributed by atoms with Crippen LogP contribution in [-0.4, -0.2) is 4.98 Å². The summed E-state index contributed by atoms with van der Waals surface area (Å²) in [5.74, 6) is 0. The molecule has 0 aliphatic heterocycles. The molecule has 1 aliphatic rings. The van der Waals surface area contributed by atoms with Crippen LogP contribution >= 0.6 is 22.7 Å². The van der Waals surface area contributed by atoms with Crippen LogP contribution in [0.2, 0.25) is 0 Å². The van der Waals surface area contributed by atoms with Crippen LogP contribution in [0.1, 0.15) is 44.9 Å². The van der Waals surface area contributed by atoms with Gasteiger partial charge in [0.05, 0.1) is 10.7 Å². The molecule has 0 saturated carbocycles. The zero-order chi connectivity index (χ0) is 12.5. The number of nitrogens with zero attached hydrogens (tertiary/aromatic N) is 1. The van der Waals surface area contributed by atoms with Crippen molar-refractivity contribution in [3.05, 3.63) is 37.5 Å². The fourth-order valence-electron chi connectivity index (χ4n) is 2.65. The normalized spacial score (nSPS) is 18.9. The SMILES string of the molecule is Cc1nc(C)c(CNC2CCCc3sccc32)s1. The van der Waals surface area contributed by atoms with Crippen molar-refractivity contribution in [2.75, 3.05) is 0 Å². The lowest BCUT2D eigenvalue weighted by Gasteiger charge is -2.23. The van der Waals surface area contributed by atoms with Crippen molar-refractivity contribution in [1.29, 1.82) is 0 Å². The molecule has 1 unspecified atom stereocenters. The molecule has 18 heavy (non-hydrogen) atoms. The molecule has 1 aliphatic carbocycles. The van der Waals surface area contributed by atoms with Crippen molar-refractivity contribution in [2.24, 2.45) is 0 Å². The van der Waals surface area contributed by atoms with Gasteiger partial charge in [-0.15, -0.1) is 22.7 Å². The second kappa shape index (κ2) is 5.11. The van der Waals surface area contributed by atoms with Crippen LogP contribution in [0, 0.1) is 13.8 Å². The molecule has 2 aromatic rings. The number of rotatable bonds is 3. The largest absolute Gasteiger partial charge is 0.305 e. The number of fused-ring (bicyclic) bond motifs is 1. The smallest absolute Gasteiger partial charge is 0.0900 e. The van der Waals surface area contributed by atoms with E-state index in [2.05, 4.69) is 35.6 Å². The number of nitrogens with one attached hydrogen (secondary N) is 1. The van der Waals surface area contributed by atoms with E-state index in [1.165, 1.54) is 40.4 Å². The highest BCUT2D eigenvalue weighted by Crippen LogP contribution is 2.33. The van der Waals surface area contributed by atoms with Crippen LogP contribution in [-0.2, 0) is 13.0 Å². The molecule has 1 N–H and O–H groups in total. The molecule has 2 heterocycles. The Hall–Kier alpha value is -0.710. The predicted molar refractivity (Wildman–Crippen MR) is 78.4 cm³/mol. The number of aryl methyl sites for hydroxylation is 3. The summed E-state index contributed by atoms with van der Waals surface area (Å²) in [4.78, 5) is 7.45. The Balaban J connectivity index is 1.70. The summed E-state index contributed by atoms with van der Waals surface area (Å²) in [6.07, 6.45) is 3.84. The molecule has 2 aromatic heterocycles. The summed E-state index contributed by atoms with van der Waals surface area (Å²) in [7, 11) is 0. The van der Waals surface area contributed by atoms with Gasteiger partial charge in [-0.1, -0.05) is 0 Å². The molecule has 1 atom stereocenters. The molecule has 4 heteroatoms. The van der Waals surface area contributed by atoms with E-state index < -0.39 is 0 Å². The van der Waals surface area contributed by atoms with E-state index in [0.717, 1.165) is 6.54 Å². The van der Waals surface area contributed by atoms with Crippen molar-refractivity contribution >= 4 is 22.7 Å². The number of thiophene rings is 1. The third-order valence-electron chi connectivity index (χ3n) is 3.56. The quantitative estimate of drug-likeness (QED) is 0.918. The summed E-state index contributed by atoms with van der Waals surface area (Å²) in [5, 5.41) is 7.11. The first-order valence-electron chi connectivity index (χ1n) is 6.46. The number of hydrogen-bond acceptors (Lipinski definition) is 4. The lowest BCUT2D eigenvalue weighted by atomic mass is 9.94. The van der Waals surface area contributed by atoms with Crippen LogP contribution in [0.4, 0.5) is 0 Å². The Labute approximate surface area is 116 Å². The average molecular weight is 278 g/mol. The zero-order valence-electron chi connectivity index (χ0n) is 10.8. The van der Waals surface area contributed by atoms with Crippen molar-refractivity contribution in [3.63, 3.8) is 0 Å².